The van der Waals surface area contributed by atoms with E-state index < -0.39 is 0 Å². The van der Waals surface area contributed by atoms with Crippen LogP contribution in [0.4, 0.5) is 0 Å². The fourth-order valence-corrected chi connectivity index (χ4v) is 2.71. The van der Waals surface area contributed by atoms with Crippen LogP contribution in [-0.4, -0.2) is 33.8 Å². The monoisotopic (exact) mass is 348 g/mol. The number of nitrogens with zero attached hydrogens (tertiary/aromatic N) is 2. The molecule has 0 aliphatic rings. The lowest BCUT2D eigenvalue weighted by molar-refractivity contribution is -0.122. The van der Waals surface area contributed by atoms with Crippen LogP contribution in [0.2, 0.25) is 0 Å². The molecule has 0 bridgehead atoms. The van der Waals surface area contributed by atoms with Crippen molar-refractivity contribution in [3.63, 3.8) is 0 Å². The van der Waals surface area contributed by atoms with Gasteiger partial charge >= 0.3 is 0 Å². The van der Waals surface area contributed by atoms with Crippen molar-refractivity contribution >= 4 is 18.1 Å². The molecule has 0 unspecified atom stereocenters. The molecule has 1 aromatic carbocycles. The molecule has 1 aromatic heterocycles. The Morgan fingerprint density at radius 1 is 1.33 bits per heavy atom. The van der Waals surface area contributed by atoms with E-state index in [4.69, 9.17) is 17.0 Å². The van der Waals surface area contributed by atoms with Crippen LogP contribution < -0.4 is 10.1 Å². The molecular formula is C17H24N4O2S. The van der Waals surface area contributed by atoms with E-state index in [0.29, 0.717) is 17.7 Å². The van der Waals surface area contributed by atoms with Gasteiger partial charge in [0.15, 0.2) is 10.6 Å². The Bertz CT molecular complexity index is 717. The molecule has 2 N–H and O–H groups in total. The van der Waals surface area contributed by atoms with E-state index in [9.17, 15) is 4.79 Å². The van der Waals surface area contributed by atoms with Crippen molar-refractivity contribution in [3.8, 4) is 17.1 Å². The molecule has 1 amide bonds. The van der Waals surface area contributed by atoms with Crippen LogP contribution in [-0.2, 0) is 11.3 Å². The summed E-state index contributed by atoms with van der Waals surface area (Å²) in [5.41, 5.74) is 0.920. The van der Waals surface area contributed by atoms with Gasteiger partial charge in [-0.3, -0.25) is 14.5 Å². The minimum absolute atomic E-state index is 0.0347. The van der Waals surface area contributed by atoms with Gasteiger partial charge in [-0.1, -0.05) is 13.8 Å². The molecule has 130 valence electrons. The minimum atomic E-state index is 0.0347. The summed E-state index contributed by atoms with van der Waals surface area (Å²) in [5, 5.41) is 10.1. The van der Waals surface area contributed by atoms with Gasteiger partial charge in [-0.2, -0.15) is 5.10 Å². The van der Waals surface area contributed by atoms with Gasteiger partial charge < -0.3 is 10.1 Å². The third-order valence-corrected chi connectivity index (χ3v) is 4.33. The van der Waals surface area contributed by atoms with E-state index in [1.54, 1.807) is 7.11 Å². The summed E-state index contributed by atoms with van der Waals surface area (Å²) in [7, 11) is 1.63. The molecule has 0 saturated carbocycles. The number of carbonyl (C=O) groups excluding carboxylic acids is 1. The van der Waals surface area contributed by atoms with Gasteiger partial charge in [0.2, 0.25) is 5.91 Å². The Hall–Kier alpha value is -2.15. The molecule has 0 spiro atoms. The van der Waals surface area contributed by atoms with Gasteiger partial charge in [0, 0.05) is 24.6 Å². The van der Waals surface area contributed by atoms with E-state index in [1.165, 1.54) is 0 Å². The van der Waals surface area contributed by atoms with Crippen LogP contribution >= 0.6 is 12.2 Å². The first kappa shape index (κ1) is 18.2. The maximum absolute atomic E-state index is 12.1. The molecule has 7 heteroatoms. The number of aromatic amines is 1. The first-order valence-electron chi connectivity index (χ1n) is 8.18. The summed E-state index contributed by atoms with van der Waals surface area (Å²) in [6.07, 6.45) is 2.24. The van der Waals surface area contributed by atoms with Gasteiger partial charge in [-0.05, 0) is 49.3 Å². The summed E-state index contributed by atoms with van der Waals surface area (Å²) in [6.45, 7) is 4.63. The molecular weight excluding hydrogens is 324 g/mol. The number of ether oxygens (including phenoxy) is 1. The van der Waals surface area contributed by atoms with Crippen LogP contribution in [0.1, 0.15) is 33.1 Å². The molecule has 0 aliphatic heterocycles. The lowest BCUT2D eigenvalue weighted by atomic mass is 10.1. The maximum atomic E-state index is 12.1. The number of H-pyrrole nitrogens is 1. The van der Waals surface area contributed by atoms with Crippen molar-refractivity contribution in [2.24, 2.45) is 0 Å². The van der Waals surface area contributed by atoms with Crippen molar-refractivity contribution in [2.75, 3.05) is 7.11 Å². The Morgan fingerprint density at radius 3 is 2.58 bits per heavy atom. The number of carbonyl (C=O) groups is 1. The fraction of sp³-hybridized carbons (Fsp3) is 0.471. The van der Waals surface area contributed by atoms with Gasteiger partial charge in [-0.15, -0.1) is 0 Å². The predicted octanol–water partition coefficient (Wildman–Crippen LogP) is 3.31. The van der Waals surface area contributed by atoms with Gasteiger partial charge in [0.1, 0.15) is 5.75 Å². The van der Waals surface area contributed by atoms with Crippen molar-refractivity contribution in [1.82, 2.24) is 20.1 Å². The topological polar surface area (TPSA) is 71.9 Å². The minimum Gasteiger partial charge on any atom is -0.497 e. The second-order valence-electron chi connectivity index (χ2n) is 5.56. The van der Waals surface area contributed by atoms with Crippen LogP contribution in [0, 0.1) is 4.77 Å². The SMILES string of the molecule is CCC(CC)NC(=O)CCn1c(-c2ccc(OC)cc2)n[nH]c1=S. The highest BCUT2D eigenvalue weighted by molar-refractivity contribution is 7.71. The molecule has 0 saturated heterocycles. The molecule has 2 rings (SSSR count). The number of methoxy groups -OCH3 is 1. The smallest absolute Gasteiger partial charge is 0.222 e. The summed E-state index contributed by atoms with van der Waals surface area (Å²) < 4.78 is 7.53. The van der Waals surface area contributed by atoms with Crippen molar-refractivity contribution in [2.45, 2.75) is 45.7 Å². The van der Waals surface area contributed by atoms with Crippen LogP contribution in [0.15, 0.2) is 24.3 Å². The summed E-state index contributed by atoms with van der Waals surface area (Å²) in [5.74, 6) is 1.54. The lowest BCUT2D eigenvalue weighted by Crippen LogP contribution is -2.34. The van der Waals surface area contributed by atoms with E-state index >= 15 is 0 Å². The zero-order valence-electron chi connectivity index (χ0n) is 14.3. The zero-order valence-corrected chi connectivity index (χ0v) is 15.2. The highest BCUT2D eigenvalue weighted by Gasteiger charge is 2.12. The first-order chi connectivity index (χ1) is 11.6. The average Bonchev–Trinajstić information content (AvgIpc) is 2.98. The van der Waals surface area contributed by atoms with Crippen LogP contribution in [0.25, 0.3) is 11.4 Å². The van der Waals surface area contributed by atoms with E-state index in [0.717, 1.165) is 30.0 Å². The largest absolute Gasteiger partial charge is 0.497 e. The normalized spacial score (nSPS) is 10.8. The fourth-order valence-electron chi connectivity index (χ4n) is 2.49. The van der Waals surface area contributed by atoms with Gasteiger partial charge in [-0.25, -0.2) is 0 Å². The number of rotatable bonds is 8. The quantitative estimate of drug-likeness (QED) is 0.718. The molecule has 0 radical (unpaired) electrons. The van der Waals surface area contributed by atoms with Crippen molar-refractivity contribution in [3.05, 3.63) is 29.0 Å². The second kappa shape index (κ2) is 8.63. The number of benzene rings is 1. The predicted molar refractivity (Wildman–Crippen MR) is 96.5 cm³/mol. The van der Waals surface area contributed by atoms with Crippen molar-refractivity contribution < 1.29 is 9.53 Å². The Morgan fingerprint density at radius 2 is 2.00 bits per heavy atom. The van der Waals surface area contributed by atoms with Crippen LogP contribution in [0.5, 0.6) is 5.75 Å². The van der Waals surface area contributed by atoms with E-state index in [-0.39, 0.29) is 11.9 Å². The summed E-state index contributed by atoms with van der Waals surface area (Å²) in [6, 6.07) is 7.82. The van der Waals surface area contributed by atoms with E-state index in [2.05, 4.69) is 29.4 Å². The molecule has 0 fully saturated rings. The third-order valence-electron chi connectivity index (χ3n) is 4.02. The number of hydrogen-bond acceptors (Lipinski definition) is 4. The molecule has 0 aliphatic carbocycles. The molecule has 2 aromatic rings. The zero-order chi connectivity index (χ0) is 17.5. The number of hydrogen-bond donors (Lipinski definition) is 2. The first-order valence-corrected chi connectivity index (χ1v) is 8.58. The number of aromatic nitrogens is 3. The number of nitrogens with one attached hydrogen (secondary N) is 2. The highest BCUT2D eigenvalue weighted by atomic mass is 32.1. The lowest BCUT2D eigenvalue weighted by Gasteiger charge is -2.15. The Kier molecular flexibility index (Phi) is 6.54. The highest BCUT2D eigenvalue weighted by Crippen LogP contribution is 2.21. The van der Waals surface area contributed by atoms with E-state index in [1.807, 2.05) is 28.8 Å². The van der Waals surface area contributed by atoms with Gasteiger partial charge in [0.05, 0.1) is 7.11 Å². The standard InChI is InChI=1S/C17H24N4O2S/c1-4-13(5-2)18-15(22)10-11-21-16(19-20-17(21)24)12-6-8-14(23-3)9-7-12/h6-9,13H,4-5,10-11H2,1-3H3,(H,18,22)(H,20,24). The average molecular weight is 348 g/mol. The van der Waals surface area contributed by atoms with Crippen molar-refractivity contribution in [1.29, 1.82) is 0 Å². The molecule has 1 heterocycles. The second-order valence-corrected chi connectivity index (χ2v) is 5.95. The van der Waals surface area contributed by atoms with Gasteiger partial charge in [0.25, 0.3) is 0 Å². The molecule has 0 atom stereocenters. The summed E-state index contributed by atoms with van der Waals surface area (Å²) in [4.78, 5) is 12.1. The molecule has 6 nitrogen and oxygen atoms in total. The van der Waals surface area contributed by atoms with Crippen LogP contribution in [0.3, 0.4) is 0 Å². The Balaban J connectivity index is 2.09. The molecule has 24 heavy (non-hydrogen) atoms. The maximum Gasteiger partial charge on any atom is 0.222 e. The summed E-state index contributed by atoms with van der Waals surface area (Å²) >= 11 is 5.30. The third kappa shape index (κ3) is 4.44. The Labute approximate surface area is 147 Å². The number of amides is 1.